The van der Waals surface area contributed by atoms with Gasteiger partial charge in [0.1, 0.15) is 24.2 Å². The van der Waals surface area contributed by atoms with Gasteiger partial charge in [0.15, 0.2) is 0 Å². The van der Waals surface area contributed by atoms with Crippen molar-refractivity contribution in [1.82, 2.24) is 10.6 Å². The van der Waals surface area contributed by atoms with E-state index in [0.29, 0.717) is 42.0 Å². The second-order valence-corrected chi connectivity index (χ2v) is 13.8. The minimum absolute atomic E-state index is 0.102. The Balaban J connectivity index is 1.81. The van der Waals surface area contributed by atoms with Crippen LogP contribution in [-0.2, 0) is 24.5 Å². The summed E-state index contributed by atoms with van der Waals surface area (Å²) in [6, 6.07) is 7.27. The standard InChI is InChI=1S/C32H41Cl2FN4O4/c1-17(36)30(42)43-20-11-10-19(14-20)38-29(41)28-26(21-7-6-8-23(34)27(21)35)32(16-40,25(39-28)15-31(2,3)4)22-12-9-18(33)13-24(22)37-5/h6-9,12-13,16-17,19-20,25-26,28,37,39H,10-11,14-15,36H2,1-5H3,(H,38,41). The molecule has 1 aliphatic carbocycles. The Kier molecular flexibility index (Phi) is 10.1. The number of nitrogens with two attached hydrogens (primary N) is 1. The first kappa shape index (κ1) is 33.2. The minimum Gasteiger partial charge on any atom is -0.461 e. The second-order valence-electron chi connectivity index (χ2n) is 12.9. The van der Waals surface area contributed by atoms with E-state index in [1.54, 1.807) is 44.3 Å². The van der Waals surface area contributed by atoms with Crippen molar-refractivity contribution in [3.63, 3.8) is 0 Å². The van der Waals surface area contributed by atoms with Crippen LogP contribution in [0.15, 0.2) is 36.4 Å². The number of esters is 1. The summed E-state index contributed by atoms with van der Waals surface area (Å²) < 4.78 is 21.4. The number of rotatable bonds is 9. The molecule has 7 atom stereocenters. The molecule has 1 aliphatic heterocycles. The number of hydrogen-bond donors (Lipinski definition) is 4. The molecule has 1 heterocycles. The van der Waals surface area contributed by atoms with E-state index in [4.69, 9.17) is 33.7 Å². The number of carbonyl (C=O) groups is 3. The van der Waals surface area contributed by atoms with Crippen LogP contribution in [0.5, 0.6) is 0 Å². The monoisotopic (exact) mass is 634 g/mol. The molecule has 8 nitrogen and oxygen atoms in total. The smallest absolute Gasteiger partial charge is 0.322 e. The third-order valence-corrected chi connectivity index (χ3v) is 9.05. The van der Waals surface area contributed by atoms with Crippen LogP contribution in [0.2, 0.25) is 10.0 Å². The molecule has 43 heavy (non-hydrogen) atoms. The van der Waals surface area contributed by atoms with Gasteiger partial charge >= 0.3 is 5.97 Å². The van der Waals surface area contributed by atoms with E-state index in [0.717, 1.165) is 6.29 Å². The number of benzene rings is 2. The molecule has 2 aromatic carbocycles. The summed E-state index contributed by atoms with van der Waals surface area (Å²) in [5.41, 5.74) is 5.36. The molecule has 1 saturated carbocycles. The largest absolute Gasteiger partial charge is 0.461 e. The van der Waals surface area contributed by atoms with Crippen molar-refractivity contribution in [2.75, 3.05) is 12.4 Å². The number of nitrogens with one attached hydrogen (secondary N) is 3. The molecule has 11 heteroatoms. The van der Waals surface area contributed by atoms with E-state index in [-0.39, 0.29) is 34.1 Å². The third kappa shape index (κ3) is 6.85. The normalized spacial score (nSPS) is 27.9. The maximum Gasteiger partial charge on any atom is 0.322 e. The average Bonchev–Trinajstić information content (AvgIpc) is 3.51. The molecule has 2 aliphatic rings. The fraction of sp³-hybridized carbons (Fsp3) is 0.531. The average molecular weight is 636 g/mol. The lowest BCUT2D eigenvalue weighted by atomic mass is 9.62. The third-order valence-electron chi connectivity index (χ3n) is 8.52. The number of ether oxygens (including phenoxy) is 1. The van der Waals surface area contributed by atoms with Crippen molar-refractivity contribution in [3.05, 3.63) is 63.4 Å². The highest BCUT2D eigenvalue weighted by Gasteiger charge is 2.60. The van der Waals surface area contributed by atoms with Gasteiger partial charge in [0.2, 0.25) is 5.91 Å². The lowest BCUT2D eigenvalue weighted by molar-refractivity contribution is -0.149. The first-order valence-corrected chi connectivity index (χ1v) is 15.4. The van der Waals surface area contributed by atoms with E-state index < -0.39 is 41.2 Å². The van der Waals surface area contributed by atoms with Crippen LogP contribution < -0.4 is 21.7 Å². The molecule has 0 spiro atoms. The molecule has 0 radical (unpaired) electrons. The maximum atomic E-state index is 15.9. The molecule has 0 aromatic heterocycles. The zero-order chi connectivity index (χ0) is 31.7. The Morgan fingerprint density at radius 1 is 1.23 bits per heavy atom. The van der Waals surface area contributed by atoms with Crippen LogP contribution in [-0.4, -0.2) is 55.5 Å². The molecular weight excluding hydrogens is 594 g/mol. The summed E-state index contributed by atoms with van der Waals surface area (Å²) in [4.78, 5) is 39.8. The van der Waals surface area contributed by atoms with Gasteiger partial charge in [-0.05, 0) is 60.9 Å². The SMILES string of the molecule is CNc1cc(Cl)ccc1C1(C=O)C(CC(C)(C)C)NC(C(=O)NC2CCC(OC(=O)C(C)N)C2)C1c1cccc(Cl)c1F. The summed E-state index contributed by atoms with van der Waals surface area (Å²) >= 11 is 12.6. The zero-order valence-corrected chi connectivity index (χ0v) is 26.7. The van der Waals surface area contributed by atoms with Gasteiger partial charge in [-0.25, -0.2) is 4.39 Å². The molecule has 1 saturated heterocycles. The number of anilines is 1. The number of halogens is 3. The van der Waals surface area contributed by atoms with Crippen molar-refractivity contribution in [1.29, 1.82) is 0 Å². The van der Waals surface area contributed by atoms with Crippen molar-refractivity contribution in [3.8, 4) is 0 Å². The molecule has 2 aromatic rings. The molecule has 1 amide bonds. The van der Waals surface area contributed by atoms with E-state index in [9.17, 15) is 14.4 Å². The lowest BCUT2D eigenvalue weighted by Crippen LogP contribution is -2.48. The van der Waals surface area contributed by atoms with Gasteiger partial charge in [0, 0.05) is 42.2 Å². The number of aldehydes is 1. The van der Waals surface area contributed by atoms with Crippen molar-refractivity contribution >= 4 is 47.1 Å². The lowest BCUT2D eigenvalue weighted by Gasteiger charge is -2.39. The Bertz CT molecular complexity index is 1370. The second kappa shape index (κ2) is 13.1. The van der Waals surface area contributed by atoms with E-state index in [1.807, 2.05) is 0 Å². The topological polar surface area (TPSA) is 123 Å². The first-order chi connectivity index (χ1) is 20.2. The number of carbonyl (C=O) groups excluding carboxylic acids is 3. The van der Waals surface area contributed by atoms with Crippen LogP contribution in [0.25, 0.3) is 0 Å². The van der Waals surface area contributed by atoms with Crippen LogP contribution in [0.1, 0.15) is 70.4 Å². The Morgan fingerprint density at radius 2 is 1.95 bits per heavy atom. The fourth-order valence-corrected chi connectivity index (χ4v) is 6.98. The first-order valence-electron chi connectivity index (χ1n) is 14.6. The summed E-state index contributed by atoms with van der Waals surface area (Å²) in [6.45, 7) is 7.71. The molecular formula is C32H41Cl2FN4O4. The number of amides is 1. The Labute approximate surface area is 262 Å². The molecule has 0 bridgehead atoms. The summed E-state index contributed by atoms with van der Waals surface area (Å²) in [5, 5.41) is 10.1. The van der Waals surface area contributed by atoms with E-state index >= 15 is 4.39 Å². The highest BCUT2D eigenvalue weighted by atomic mass is 35.5. The van der Waals surface area contributed by atoms with Gasteiger partial charge in [0.05, 0.1) is 16.5 Å². The Morgan fingerprint density at radius 3 is 2.58 bits per heavy atom. The molecule has 234 valence electrons. The molecule has 2 fully saturated rings. The van der Waals surface area contributed by atoms with Gasteiger partial charge in [-0.2, -0.15) is 0 Å². The maximum absolute atomic E-state index is 15.9. The zero-order valence-electron chi connectivity index (χ0n) is 25.2. The fourth-order valence-electron chi connectivity index (χ4n) is 6.62. The quantitative estimate of drug-likeness (QED) is 0.224. The number of hydrogen-bond acceptors (Lipinski definition) is 7. The van der Waals surface area contributed by atoms with Crippen LogP contribution >= 0.6 is 23.2 Å². The van der Waals surface area contributed by atoms with Gasteiger partial charge in [-0.15, -0.1) is 0 Å². The predicted octanol–water partition coefficient (Wildman–Crippen LogP) is 5.10. The highest BCUT2D eigenvalue weighted by molar-refractivity contribution is 6.31. The van der Waals surface area contributed by atoms with Gasteiger partial charge < -0.3 is 31.2 Å². The van der Waals surface area contributed by atoms with Crippen LogP contribution in [0, 0.1) is 11.2 Å². The van der Waals surface area contributed by atoms with Crippen molar-refractivity contribution < 1.29 is 23.5 Å². The highest BCUT2D eigenvalue weighted by Crippen LogP contribution is 2.53. The van der Waals surface area contributed by atoms with E-state index in [1.165, 1.54) is 6.07 Å². The molecule has 4 rings (SSSR count). The van der Waals surface area contributed by atoms with Gasteiger partial charge in [-0.3, -0.25) is 9.59 Å². The summed E-state index contributed by atoms with van der Waals surface area (Å²) in [6.07, 6.45) is 2.58. The minimum atomic E-state index is -1.38. The predicted molar refractivity (Wildman–Crippen MR) is 167 cm³/mol. The van der Waals surface area contributed by atoms with Gasteiger partial charge in [-0.1, -0.05) is 62.2 Å². The molecule has 7 unspecified atom stereocenters. The summed E-state index contributed by atoms with van der Waals surface area (Å²) in [5.74, 6) is -2.51. The Hall–Kier alpha value is -2.72. The molecule has 5 N–H and O–H groups in total. The van der Waals surface area contributed by atoms with Crippen LogP contribution in [0.3, 0.4) is 0 Å². The van der Waals surface area contributed by atoms with E-state index in [2.05, 4.69) is 36.7 Å². The van der Waals surface area contributed by atoms with Crippen molar-refractivity contribution in [2.45, 2.75) is 95.0 Å². The van der Waals surface area contributed by atoms with Crippen LogP contribution in [0.4, 0.5) is 10.1 Å². The van der Waals surface area contributed by atoms with Crippen molar-refractivity contribution in [2.24, 2.45) is 11.1 Å². The van der Waals surface area contributed by atoms with Gasteiger partial charge in [0.25, 0.3) is 0 Å². The summed E-state index contributed by atoms with van der Waals surface area (Å²) in [7, 11) is 1.72.